The minimum Gasteiger partial charge on any atom is -0.333 e. The number of hydrogen-bond acceptors (Lipinski definition) is 0. The van der Waals surface area contributed by atoms with Crippen molar-refractivity contribution in [2.45, 2.75) is 12.5 Å². The largest absolute Gasteiger partial charge is 0.333 e. The van der Waals surface area contributed by atoms with Gasteiger partial charge in [-0.05, 0) is 30.2 Å². The highest BCUT2D eigenvalue weighted by Crippen LogP contribution is 2.40. The van der Waals surface area contributed by atoms with E-state index in [1.54, 1.807) is 0 Å². The second-order valence-corrected chi connectivity index (χ2v) is 7.15. The van der Waals surface area contributed by atoms with Gasteiger partial charge >= 0.3 is 0 Å². The fourth-order valence-corrected chi connectivity index (χ4v) is 4.20. The van der Waals surface area contributed by atoms with E-state index in [2.05, 4.69) is 89.5 Å². The lowest BCUT2D eigenvalue weighted by Crippen LogP contribution is -2.07. The normalized spacial score (nSPS) is 16.6. The van der Waals surface area contributed by atoms with Crippen LogP contribution in [-0.2, 0) is 0 Å². The van der Waals surface area contributed by atoms with Gasteiger partial charge in [-0.1, -0.05) is 84.4 Å². The molecule has 0 bridgehead atoms. The van der Waals surface area contributed by atoms with Crippen molar-refractivity contribution in [3.63, 3.8) is 0 Å². The van der Waals surface area contributed by atoms with Crippen molar-refractivity contribution in [2.24, 2.45) is 0 Å². The first-order chi connectivity index (χ1) is 12.8. The van der Waals surface area contributed by atoms with Crippen LogP contribution in [0.5, 0.6) is 0 Å². The smallest absolute Gasteiger partial charge is 0.0576 e. The molecule has 0 fully saturated rings. The summed E-state index contributed by atoms with van der Waals surface area (Å²) in [5.74, 6) is 0. The molecular formula is C24H18ClN. The Morgan fingerprint density at radius 3 is 2.54 bits per heavy atom. The van der Waals surface area contributed by atoms with Crippen molar-refractivity contribution in [2.75, 3.05) is 0 Å². The maximum Gasteiger partial charge on any atom is 0.0576 e. The summed E-state index contributed by atoms with van der Waals surface area (Å²) in [5, 5.41) is 3.25. The van der Waals surface area contributed by atoms with Crippen molar-refractivity contribution in [1.29, 1.82) is 0 Å². The highest BCUT2D eigenvalue weighted by Gasteiger charge is 2.19. The molecule has 0 saturated carbocycles. The predicted molar refractivity (Wildman–Crippen MR) is 112 cm³/mol. The maximum atomic E-state index is 6.34. The number of fused-ring (bicyclic) bond motifs is 3. The lowest BCUT2D eigenvalue weighted by atomic mass is 10.0. The maximum absolute atomic E-state index is 6.34. The average Bonchev–Trinajstić information content (AvgIpc) is 3.03. The Labute approximate surface area is 157 Å². The second-order valence-electron chi connectivity index (χ2n) is 6.72. The van der Waals surface area contributed by atoms with Gasteiger partial charge in [0.05, 0.1) is 11.6 Å². The lowest BCUT2D eigenvalue weighted by Gasteiger charge is -2.20. The third kappa shape index (κ3) is 2.40. The standard InChI is InChI=1S/C24H18ClN/c25-18-14-15-23-22(16-18)21-13-7-12-20(17-8-3-1-4-9-17)24(21)26(23)19-10-5-2-6-11-19/h1-10,12-16,19H,11H2. The molecule has 1 aliphatic rings. The van der Waals surface area contributed by atoms with Gasteiger partial charge in [0.1, 0.15) is 0 Å². The Hall–Kier alpha value is -2.77. The second kappa shape index (κ2) is 6.19. The molecule has 0 amide bonds. The van der Waals surface area contributed by atoms with Crippen LogP contribution in [0.3, 0.4) is 0 Å². The molecule has 1 heterocycles. The SMILES string of the molecule is Clc1ccc2c(c1)c1cccc(-c3ccccc3)c1n2C1C=CC=CC1. The van der Waals surface area contributed by atoms with E-state index < -0.39 is 0 Å². The monoisotopic (exact) mass is 355 g/mol. The molecule has 0 radical (unpaired) electrons. The molecule has 1 aromatic heterocycles. The van der Waals surface area contributed by atoms with Crippen LogP contribution < -0.4 is 0 Å². The molecule has 1 nitrogen and oxygen atoms in total. The van der Waals surface area contributed by atoms with Crippen molar-refractivity contribution in [1.82, 2.24) is 4.57 Å². The highest BCUT2D eigenvalue weighted by atomic mass is 35.5. The zero-order valence-electron chi connectivity index (χ0n) is 14.3. The van der Waals surface area contributed by atoms with E-state index in [0.29, 0.717) is 6.04 Å². The van der Waals surface area contributed by atoms with Gasteiger partial charge in [0.15, 0.2) is 0 Å². The van der Waals surface area contributed by atoms with E-state index in [9.17, 15) is 0 Å². The molecule has 1 aliphatic carbocycles. The Balaban J connectivity index is 1.92. The number of hydrogen-bond donors (Lipinski definition) is 0. The minimum absolute atomic E-state index is 0.311. The van der Waals surface area contributed by atoms with Crippen LogP contribution in [0.25, 0.3) is 32.9 Å². The molecular weight excluding hydrogens is 338 g/mol. The number of para-hydroxylation sites is 1. The number of halogens is 1. The summed E-state index contributed by atoms with van der Waals surface area (Å²) in [6, 6.07) is 23.7. The lowest BCUT2D eigenvalue weighted by molar-refractivity contribution is 0.648. The highest BCUT2D eigenvalue weighted by molar-refractivity contribution is 6.32. The van der Waals surface area contributed by atoms with E-state index in [1.165, 1.54) is 32.9 Å². The third-order valence-electron chi connectivity index (χ3n) is 5.16. The van der Waals surface area contributed by atoms with E-state index in [-0.39, 0.29) is 0 Å². The molecule has 3 aromatic carbocycles. The number of nitrogens with zero attached hydrogens (tertiary/aromatic N) is 1. The van der Waals surface area contributed by atoms with Crippen LogP contribution in [0.4, 0.5) is 0 Å². The molecule has 0 spiro atoms. The van der Waals surface area contributed by atoms with Crippen molar-refractivity contribution >= 4 is 33.4 Å². The number of benzene rings is 3. The summed E-state index contributed by atoms with van der Waals surface area (Å²) in [5.41, 5.74) is 5.01. The van der Waals surface area contributed by atoms with Gasteiger partial charge in [-0.3, -0.25) is 0 Å². The van der Waals surface area contributed by atoms with Gasteiger partial charge in [0.25, 0.3) is 0 Å². The molecule has 26 heavy (non-hydrogen) atoms. The summed E-state index contributed by atoms with van der Waals surface area (Å²) in [7, 11) is 0. The summed E-state index contributed by atoms with van der Waals surface area (Å²) in [4.78, 5) is 0. The topological polar surface area (TPSA) is 4.93 Å². The van der Waals surface area contributed by atoms with E-state index in [0.717, 1.165) is 11.4 Å². The van der Waals surface area contributed by atoms with Gasteiger partial charge in [-0.2, -0.15) is 0 Å². The molecule has 0 saturated heterocycles. The zero-order chi connectivity index (χ0) is 17.5. The minimum atomic E-state index is 0.311. The first kappa shape index (κ1) is 15.5. The number of allylic oxidation sites excluding steroid dienone is 4. The van der Waals surface area contributed by atoms with Crippen LogP contribution in [0.2, 0.25) is 5.02 Å². The summed E-state index contributed by atoms with van der Waals surface area (Å²) >= 11 is 6.34. The summed E-state index contributed by atoms with van der Waals surface area (Å²) in [6.45, 7) is 0. The average molecular weight is 356 g/mol. The van der Waals surface area contributed by atoms with Crippen LogP contribution >= 0.6 is 11.6 Å². The molecule has 1 unspecified atom stereocenters. The van der Waals surface area contributed by atoms with Gasteiger partial charge in [-0.25, -0.2) is 0 Å². The van der Waals surface area contributed by atoms with Gasteiger partial charge < -0.3 is 4.57 Å². The van der Waals surface area contributed by atoms with Crippen molar-refractivity contribution in [3.05, 3.63) is 96.1 Å². The molecule has 0 aliphatic heterocycles. The van der Waals surface area contributed by atoms with Crippen LogP contribution in [0.1, 0.15) is 12.5 Å². The van der Waals surface area contributed by atoms with Crippen LogP contribution in [-0.4, -0.2) is 4.57 Å². The van der Waals surface area contributed by atoms with Crippen molar-refractivity contribution < 1.29 is 0 Å². The fraction of sp³-hybridized carbons (Fsp3) is 0.0833. The quantitative estimate of drug-likeness (QED) is 0.359. The molecule has 1 atom stereocenters. The molecule has 4 aromatic rings. The Bertz CT molecular complexity index is 1170. The molecule has 5 rings (SSSR count). The Kier molecular flexibility index (Phi) is 3.69. The van der Waals surface area contributed by atoms with E-state index in [4.69, 9.17) is 11.6 Å². The van der Waals surface area contributed by atoms with Gasteiger partial charge in [-0.15, -0.1) is 0 Å². The van der Waals surface area contributed by atoms with E-state index >= 15 is 0 Å². The first-order valence-electron chi connectivity index (χ1n) is 8.94. The van der Waals surface area contributed by atoms with Crippen LogP contribution in [0.15, 0.2) is 91.0 Å². The number of aromatic nitrogens is 1. The van der Waals surface area contributed by atoms with Gasteiger partial charge in [0.2, 0.25) is 0 Å². The summed E-state index contributed by atoms with van der Waals surface area (Å²) < 4.78 is 2.48. The predicted octanol–water partition coefficient (Wildman–Crippen LogP) is 7.17. The van der Waals surface area contributed by atoms with Crippen LogP contribution in [0, 0.1) is 0 Å². The zero-order valence-corrected chi connectivity index (χ0v) is 15.0. The third-order valence-corrected chi connectivity index (χ3v) is 5.39. The molecule has 0 N–H and O–H groups in total. The fourth-order valence-electron chi connectivity index (χ4n) is 4.03. The number of rotatable bonds is 2. The van der Waals surface area contributed by atoms with Crippen molar-refractivity contribution in [3.8, 4) is 11.1 Å². The first-order valence-corrected chi connectivity index (χ1v) is 9.31. The van der Waals surface area contributed by atoms with E-state index in [1.807, 2.05) is 6.07 Å². The van der Waals surface area contributed by atoms with Gasteiger partial charge in [0, 0.05) is 26.9 Å². The Morgan fingerprint density at radius 2 is 1.73 bits per heavy atom. The Morgan fingerprint density at radius 1 is 0.846 bits per heavy atom. The summed E-state index contributed by atoms with van der Waals surface area (Å²) in [6.07, 6.45) is 9.80. The molecule has 2 heteroatoms. The molecule has 126 valence electrons.